The molecule has 3 rings (SSSR count). The number of hydrogen-bond acceptors (Lipinski definition) is 4. The Morgan fingerprint density at radius 1 is 1.20 bits per heavy atom. The molecule has 0 bridgehead atoms. The summed E-state index contributed by atoms with van der Waals surface area (Å²) < 4.78 is 11.1. The summed E-state index contributed by atoms with van der Waals surface area (Å²) in [5.41, 5.74) is 1.11. The van der Waals surface area contributed by atoms with Gasteiger partial charge in [0.25, 0.3) is 0 Å². The van der Waals surface area contributed by atoms with E-state index in [9.17, 15) is 9.59 Å². The van der Waals surface area contributed by atoms with Crippen LogP contribution in [0.25, 0.3) is 0 Å². The SMILES string of the molecule is O=C1C=CC2(CCOCC2)CC1C(=O)CCCOCc1ccccc1. The monoisotopic (exact) mass is 342 g/mol. The van der Waals surface area contributed by atoms with Crippen molar-refractivity contribution in [3.63, 3.8) is 0 Å². The summed E-state index contributed by atoms with van der Waals surface area (Å²) in [6.45, 7) is 2.53. The van der Waals surface area contributed by atoms with E-state index >= 15 is 0 Å². The number of ether oxygens (including phenoxy) is 2. The smallest absolute Gasteiger partial charge is 0.165 e. The van der Waals surface area contributed by atoms with Gasteiger partial charge in [-0.05, 0) is 42.7 Å². The molecule has 4 nitrogen and oxygen atoms in total. The van der Waals surface area contributed by atoms with Crippen LogP contribution in [-0.4, -0.2) is 31.4 Å². The van der Waals surface area contributed by atoms with Crippen molar-refractivity contribution in [3.8, 4) is 0 Å². The van der Waals surface area contributed by atoms with Crippen LogP contribution in [-0.2, 0) is 25.7 Å². The third-order valence-corrected chi connectivity index (χ3v) is 5.26. The standard InChI is InChI=1S/C21H26O4/c22-19(7-4-12-25-16-17-5-2-1-3-6-17)18-15-21(9-8-20(18)23)10-13-24-14-11-21/h1-3,5-6,8-9,18H,4,7,10-16H2. The molecule has 1 aliphatic heterocycles. The van der Waals surface area contributed by atoms with Crippen LogP contribution >= 0.6 is 0 Å². The topological polar surface area (TPSA) is 52.6 Å². The molecule has 1 atom stereocenters. The van der Waals surface area contributed by atoms with Crippen LogP contribution in [0, 0.1) is 11.3 Å². The highest BCUT2D eigenvalue weighted by atomic mass is 16.5. The van der Waals surface area contributed by atoms with Gasteiger partial charge in [-0.2, -0.15) is 0 Å². The molecule has 1 aromatic carbocycles. The van der Waals surface area contributed by atoms with Crippen molar-refractivity contribution in [2.75, 3.05) is 19.8 Å². The molecular formula is C21H26O4. The number of benzene rings is 1. The molecule has 4 heteroatoms. The van der Waals surface area contributed by atoms with Gasteiger partial charge in [0.1, 0.15) is 5.78 Å². The molecular weight excluding hydrogens is 316 g/mol. The number of Topliss-reactive ketones (excluding diaryl/α,β-unsaturated/α-hetero) is 1. The zero-order valence-electron chi connectivity index (χ0n) is 14.6. The lowest BCUT2D eigenvalue weighted by Gasteiger charge is -2.38. The van der Waals surface area contributed by atoms with E-state index in [2.05, 4.69) is 0 Å². The van der Waals surface area contributed by atoms with Gasteiger partial charge < -0.3 is 9.47 Å². The second-order valence-corrected chi connectivity index (χ2v) is 7.08. The van der Waals surface area contributed by atoms with E-state index in [0.717, 1.165) is 18.4 Å². The Labute approximate surface area is 149 Å². The maximum absolute atomic E-state index is 12.5. The summed E-state index contributed by atoms with van der Waals surface area (Å²) in [6, 6.07) is 9.98. The van der Waals surface area contributed by atoms with Gasteiger partial charge in [-0.25, -0.2) is 0 Å². The number of ketones is 2. The van der Waals surface area contributed by atoms with E-state index in [4.69, 9.17) is 9.47 Å². The molecule has 0 amide bonds. The summed E-state index contributed by atoms with van der Waals surface area (Å²) in [6.07, 6.45) is 7.17. The average molecular weight is 342 g/mol. The number of carbonyl (C=O) groups is 2. The minimum absolute atomic E-state index is 0.0176. The highest BCUT2D eigenvalue weighted by Gasteiger charge is 2.40. The first-order valence-electron chi connectivity index (χ1n) is 9.14. The number of allylic oxidation sites excluding steroid dienone is 2. The average Bonchev–Trinajstić information content (AvgIpc) is 2.65. The third-order valence-electron chi connectivity index (χ3n) is 5.26. The van der Waals surface area contributed by atoms with Gasteiger partial charge in [0.2, 0.25) is 0 Å². The normalized spacial score (nSPS) is 22.2. The molecule has 1 heterocycles. The van der Waals surface area contributed by atoms with Crippen molar-refractivity contribution in [1.82, 2.24) is 0 Å². The predicted octanol–water partition coefficient (Wildman–Crippen LogP) is 3.49. The fraction of sp³-hybridized carbons (Fsp3) is 0.524. The van der Waals surface area contributed by atoms with Gasteiger partial charge in [-0.3, -0.25) is 9.59 Å². The summed E-state index contributed by atoms with van der Waals surface area (Å²) >= 11 is 0. The largest absolute Gasteiger partial charge is 0.381 e. The first-order chi connectivity index (χ1) is 12.2. The quantitative estimate of drug-likeness (QED) is 0.562. The zero-order valence-corrected chi connectivity index (χ0v) is 14.6. The van der Waals surface area contributed by atoms with Crippen molar-refractivity contribution in [1.29, 1.82) is 0 Å². The Kier molecular flexibility index (Phi) is 6.16. The number of rotatable bonds is 7. The van der Waals surface area contributed by atoms with Crippen molar-refractivity contribution in [3.05, 3.63) is 48.0 Å². The lowest BCUT2D eigenvalue weighted by atomic mass is 9.68. The van der Waals surface area contributed by atoms with Gasteiger partial charge >= 0.3 is 0 Å². The molecule has 1 saturated heterocycles. The van der Waals surface area contributed by atoms with Gasteiger partial charge in [0.05, 0.1) is 12.5 Å². The molecule has 1 spiro atoms. The minimum Gasteiger partial charge on any atom is -0.381 e. The Morgan fingerprint density at radius 2 is 1.96 bits per heavy atom. The molecule has 1 unspecified atom stereocenters. The van der Waals surface area contributed by atoms with E-state index in [1.807, 2.05) is 36.4 Å². The molecule has 0 aromatic heterocycles. The van der Waals surface area contributed by atoms with Crippen molar-refractivity contribution in [2.45, 2.75) is 38.7 Å². The summed E-state index contributed by atoms with van der Waals surface area (Å²) in [5, 5.41) is 0. The summed E-state index contributed by atoms with van der Waals surface area (Å²) in [5.74, 6) is -0.451. The highest BCUT2D eigenvalue weighted by Crippen LogP contribution is 2.42. The van der Waals surface area contributed by atoms with Crippen LogP contribution in [0.2, 0.25) is 0 Å². The molecule has 2 aliphatic rings. The molecule has 25 heavy (non-hydrogen) atoms. The number of carbonyl (C=O) groups excluding carboxylic acids is 2. The molecule has 0 saturated carbocycles. The predicted molar refractivity (Wildman–Crippen MR) is 95.1 cm³/mol. The van der Waals surface area contributed by atoms with Crippen LogP contribution < -0.4 is 0 Å². The van der Waals surface area contributed by atoms with Crippen molar-refractivity contribution >= 4 is 11.6 Å². The zero-order chi connectivity index (χ0) is 17.5. The maximum atomic E-state index is 12.5. The highest BCUT2D eigenvalue weighted by molar-refractivity contribution is 6.08. The van der Waals surface area contributed by atoms with Crippen molar-refractivity contribution < 1.29 is 19.1 Å². The molecule has 1 aliphatic carbocycles. The van der Waals surface area contributed by atoms with Gasteiger partial charge in [-0.15, -0.1) is 0 Å². The second kappa shape index (κ2) is 8.54. The van der Waals surface area contributed by atoms with E-state index in [1.54, 1.807) is 6.08 Å². The fourth-order valence-electron chi connectivity index (χ4n) is 3.66. The second-order valence-electron chi connectivity index (χ2n) is 7.08. The molecule has 134 valence electrons. The van der Waals surface area contributed by atoms with Crippen LogP contribution in [0.3, 0.4) is 0 Å². The van der Waals surface area contributed by atoms with Crippen LogP contribution in [0.5, 0.6) is 0 Å². The van der Waals surface area contributed by atoms with Gasteiger partial charge in [0, 0.05) is 26.2 Å². The third kappa shape index (κ3) is 4.86. The van der Waals surface area contributed by atoms with Crippen LogP contribution in [0.15, 0.2) is 42.5 Å². The van der Waals surface area contributed by atoms with Gasteiger partial charge in [0.15, 0.2) is 5.78 Å². The molecule has 1 aromatic rings. The molecule has 1 fully saturated rings. The summed E-state index contributed by atoms with van der Waals surface area (Å²) in [4.78, 5) is 24.7. The lowest BCUT2D eigenvalue weighted by molar-refractivity contribution is -0.133. The van der Waals surface area contributed by atoms with E-state index in [0.29, 0.717) is 45.7 Å². The Bertz CT molecular complexity index is 614. The number of hydrogen-bond donors (Lipinski definition) is 0. The minimum atomic E-state index is -0.475. The molecule has 0 radical (unpaired) electrons. The van der Waals surface area contributed by atoms with Crippen LogP contribution in [0.4, 0.5) is 0 Å². The Balaban J connectivity index is 1.43. The summed E-state index contributed by atoms with van der Waals surface area (Å²) in [7, 11) is 0. The van der Waals surface area contributed by atoms with Crippen molar-refractivity contribution in [2.24, 2.45) is 11.3 Å². The fourth-order valence-corrected chi connectivity index (χ4v) is 3.66. The first-order valence-corrected chi connectivity index (χ1v) is 9.14. The maximum Gasteiger partial charge on any atom is 0.165 e. The lowest BCUT2D eigenvalue weighted by Crippen LogP contribution is -2.38. The van der Waals surface area contributed by atoms with E-state index in [1.165, 1.54) is 0 Å². The Morgan fingerprint density at radius 3 is 2.72 bits per heavy atom. The van der Waals surface area contributed by atoms with Gasteiger partial charge in [-0.1, -0.05) is 36.4 Å². The van der Waals surface area contributed by atoms with Crippen LogP contribution in [0.1, 0.15) is 37.7 Å². The van der Waals surface area contributed by atoms with E-state index in [-0.39, 0.29) is 17.0 Å². The Hall–Kier alpha value is -1.78. The first kappa shape index (κ1) is 18.0. The molecule has 0 N–H and O–H groups in total. The van der Waals surface area contributed by atoms with E-state index < -0.39 is 5.92 Å².